The lowest BCUT2D eigenvalue weighted by molar-refractivity contribution is 0.0884. The number of rotatable bonds is 2. The lowest BCUT2D eigenvalue weighted by atomic mass is 9.90. The van der Waals surface area contributed by atoms with Crippen LogP contribution in [-0.4, -0.2) is 29.6 Å². The van der Waals surface area contributed by atoms with Gasteiger partial charge >= 0.3 is 0 Å². The molecule has 1 aliphatic heterocycles. The molecule has 1 aliphatic rings. The van der Waals surface area contributed by atoms with E-state index in [1.807, 2.05) is 6.92 Å². The topological polar surface area (TPSA) is 61.4 Å². The summed E-state index contributed by atoms with van der Waals surface area (Å²) in [5, 5.41) is 15.7. The summed E-state index contributed by atoms with van der Waals surface area (Å²) in [5.74, 6) is -1.17. The van der Waals surface area contributed by atoms with Gasteiger partial charge in [-0.05, 0) is 51.1 Å². The van der Waals surface area contributed by atoms with Crippen LogP contribution in [0.5, 0.6) is 5.75 Å². The first-order valence-corrected chi connectivity index (χ1v) is 6.02. The lowest BCUT2D eigenvalue weighted by Crippen LogP contribution is -2.52. The minimum Gasteiger partial charge on any atom is -0.507 e. The molecule has 98 valence electrons. The second-order valence-corrected chi connectivity index (χ2v) is 4.93. The van der Waals surface area contributed by atoms with Gasteiger partial charge in [0.15, 0.2) is 0 Å². The molecular formula is C13H17FN2O2. The zero-order valence-electron chi connectivity index (χ0n) is 10.3. The average Bonchev–Trinajstić information content (AvgIpc) is 2.32. The highest BCUT2D eigenvalue weighted by Crippen LogP contribution is 2.21. The standard InChI is InChI=1S/C13H17FN2O2/c1-13(4-6-15-7-5-13)16-12(18)10-8-9(14)2-3-11(10)17/h2-3,8,15,17H,4-7H2,1H3,(H,16,18). The predicted octanol–water partition coefficient (Wildman–Crippen LogP) is 1.40. The van der Waals surface area contributed by atoms with E-state index in [1.165, 1.54) is 6.07 Å². The van der Waals surface area contributed by atoms with Gasteiger partial charge in [-0.15, -0.1) is 0 Å². The molecule has 1 aromatic rings. The fourth-order valence-electron chi connectivity index (χ4n) is 2.14. The first kappa shape index (κ1) is 12.8. The van der Waals surface area contributed by atoms with Crippen molar-refractivity contribution in [2.75, 3.05) is 13.1 Å². The molecule has 1 heterocycles. The van der Waals surface area contributed by atoms with Crippen molar-refractivity contribution in [3.05, 3.63) is 29.6 Å². The van der Waals surface area contributed by atoms with Gasteiger partial charge in [-0.25, -0.2) is 4.39 Å². The summed E-state index contributed by atoms with van der Waals surface area (Å²) in [4.78, 5) is 12.0. The van der Waals surface area contributed by atoms with Gasteiger partial charge in [-0.3, -0.25) is 4.79 Å². The van der Waals surface area contributed by atoms with Crippen LogP contribution in [0.4, 0.5) is 4.39 Å². The number of carbonyl (C=O) groups is 1. The third-order valence-electron chi connectivity index (χ3n) is 3.33. The molecule has 0 aliphatic carbocycles. The molecule has 0 bridgehead atoms. The maximum Gasteiger partial charge on any atom is 0.255 e. The zero-order chi connectivity index (χ0) is 13.2. The van der Waals surface area contributed by atoms with Gasteiger partial charge in [-0.1, -0.05) is 0 Å². The minimum absolute atomic E-state index is 0.0187. The fraction of sp³-hybridized carbons (Fsp3) is 0.462. The molecule has 18 heavy (non-hydrogen) atoms. The largest absolute Gasteiger partial charge is 0.507 e. The highest BCUT2D eigenvalue weighted by atomic mass is 19.1. The van der Waals surface area contributed by atoms with Crippen molar-refractivity contribution in [1.29, 1.82) is 0 Å². The summed E-state index contributed by atoms with van der Waals surface area (Å²) in [7, 11) is 0. The second-order valence-electron chi connectivity index (χ2n) is 4.93. The SMILES string of the molecule is CC1(NC(=O)c2cc(F)ccc2O)CCNCC1. The van der Waals surface area contributed by atoms with E-state index in [9.17, 15) is 14.3 Å². The van der Waals surface area contributed by atoms with Gasteiger partial charge in [0.2, 0.25) is 0 Å². The van der Waals surface area contributed by atoms with Crippen LogP contribution in [0.2, 0.25) is 0 Å². The Bertz CT molecular complexity index is 456. The van der Waals surface area contributed by atoms with E-state index in [1.54, 1.807) is 0 Å². The number of halogens is 1. The molecule has 4 nitrogen and oxygen atoms in total. The number of piperidine rings is 1. The molecule has 0 radical (unpaired) electrons. The number of hydrogen-bond acceptors (Lipinski definition) is 3. The van der Waals surface area contributed by atoms with Crippen LogP contribution in [0.1, 0.15) is 30.1 Å². The van der Waals surface area contributed by atoms with Crippen LogP contribution in [-0.2, 0) is 0 Å². The monoisotopic (exact) mass is 252 g/mol. The molecule has 1 aromatic carbocycles. The third-order valence-corrected chi connectivity index (χ3v) is 3.33. The Morgan fingerprint density at radius 2 is 2.11 bits per heavy atom. The number of phenolic OH excluding ortho intramolecular Hbond substituents is 1. The van der Waals surface area contributed by atoms with Crippen molar-refractivity contribution in [2.45, 2.75) is 25.3 Å². The Morgan fingerprint density at radius 3 is 2.78 bits per heavy atom. The Labute approximate surface area is 105 Å². The van der Waals surface area contributed by atoms with Crippen molar-refractivity contribution < 1.29 is 14.3 Å². The van der Waals surface area contributed by atoms with Gasteiger partial charge in [0.05, 0.1) is 5.56 Å². The Balaban J connectivity index is 2.14. The van der Waals surface area contributed by atoms with Crippen LogP contribution in [0.3, 0.4) is 0 Å². The van der Waals surface area contributed by atoms with E-state index < -0.39 is 11.7 Å². The quantitative estimate of drug-likeness (QED) is 0.745. The van der Waals surface area contributed by atoms with Crippen LogP contribution < -0.4 is 10.6 Å². The average molecular weight is 252 g/mol. The second kappa shape index (κ2) is 4.94. The highest BCUT2D eigenvalue weighted by Gasteiger charge is 2.29. The number of hydrogen-bond donors (Lipinski definition) is 3. The zero-order valence-corrected chi connectivity index (χ0v) is 10.3. The summed E-state index contributed by atoms with van der Waals surface area (Å²) in [6.45, 7) is 3.64. The van der Waals surface area contributed by atoms with E-state index in [2.05, 4.69) is 10.6 Å². The van der Waals surface area contributed by atoms with E-state index in [4.69, 9.17) is 0 Å². The molecular weight excluding hydrogens is 235 g/mol. The molecule has 0 aromatic heterocycles. The summed E-state index contributed by atoms with van der Waals surface area (Å²) in [6.07, 6.45) is 1.63. The number of phenols is 1. The van der Waals surface area contributed by atoms with Gasteiger partial charge in [0.1, 0.15) is 11.6 Å². The minimum atomic E-state index is -0.534. The summed E-state index contributed by atoms with van der Waals surface area (Å²) in [6, 6.07) is 3.36. The van der Waals surface area contributed by atoms with E-state index in [0.717, 1.165) is 38.1 Å². The molecule has 1 saturated heterocycles. The Kier molecular flexibility index (Phi) is 3.52. The van der Waals surface area contributed by atoms with Gasteiger partial charge in [0, 0.05) is 5.54 Å². The molecule has 2 rings (SSSR count). The van der Waals surface area contributed by atoms with Crippen molar-refractivity contribution in [2.24, 2.45) is 0 Å². The van der Waals surface area contributed by atoms with Crippen LogP contribution >= 0.6 is 0 Å². The van der Waals surface area contributed by atoms with Crippen molar-refractivity contribution >= 4 is 5.91 Å². The first-order valence-electron chi connectivity index (χ1n) is 6.02. The molecule has 1 fully saturated rings. The van der Waals surface area contributed by atoms with Crippen molar-refractivity contribution in [1.82, 2.24) is 10.6 Å². The van der Waals surface area contributed by atoms with E-state index in [-0.39, 0.29) is 16.9 Å². The predicted molar refractivity (Wildman–Crippen MR) is 66.0 cm³/mol. The van der Waals surface area contributed by atoms with Crippen LogP contribution in [0.15, 0.2) is 18.2 Å². The number of benzene rings is 1. The van der Waals surface area contributed by atoms with E-state index >= 15 is 0 Å². The number of amides is 1. The summed E-state index contributed by atoms with van der Waals surface area (Å²) >= 11 is 0. The lowest BCUT2D eigenvalue weighted by Gasteiger charge is -2.35. The van der Waals surface area contributed by atoms with Crippen molar-refractivity contribution in [3.63, 3.8) is 0 Å². The highest BCUT2D eigenvalue weighted by molar-refractivity contribution is 5.97. The molecule has 1 amide bonds. The molecule has 0 saturated carbocycles. The Hall–Kier alpha value is -1.62. The first-order chi connectivity index (χ1) is 8.50. The normalized spacial score (nSPS) is 18.3. The fourth-order valence-corrected chi connectivity index (χ4v) is 2.14. The van der Waals surface area contributed by atoms with Crippen LogP contribution in [0, 0.1) is 5.82 Å². The van der Waals surface area contributed by atoms with Gasteiger partial charge < -0.3 is 15.7 Å². The molecule has 0 spiro atoms. The Morgan fingerprint density at radius 1 is 1.44 bits per heavy atom. The van der Waals surface area contributed by atoms with Gasteiger partial charge in [-0.2, -0.15) is 0 Å². The summed E-state index contributed by atoms with van der Waals surface area (Å²) in [5.41, 5.74) is -0.323. The number of carbonyl (C=O) groups excluding carboxylic acids is 1. The smallest absolute Gasteiger partial charge is 0.255 e. The molecule has 0 unspecified atom stereocenters. The molecule has 0 atom stereocenters. The number of aromatic hydroxyl groups is 1. The maximum atomic E-state index is 13.1. The maximum absolute atomic E-state index is 13.1. The third kappa shape index (κ3) is 2.79. The van der Waals surface area contributed by atoms with Gasteiger partial charge in [0.25, 0.3) is 5.91 Å². The molecule has 5 heteroatoms. The number of nitrogens with one attached hydrogen (secondary N) is 2. The van der Waals surface area contributed by atoms with E-state index in [0.29, 0.717) is 0 Å². The molecule has 3 N–H and O–H groups in total. The summed E-state index contributed by atoms with van der Waals surface area (Å²) < 4.78 is 13.1. The van der Waals surface area contributed by atoms with Crippen molar-refractivity contribution in [3.8, 4) is 5.75 Å². The van der Waals surface area contributed by atoms with Crippen LogP contribution in [0.25, 0.3) is 0 Å².